The van der Waals surface area contributed by atoms with Crippen molar-refractivity contribution >= 4 is 11.9 Å². The molecule has 7 heteroatoms. The summed E-state index contributed by atoms with van der Waals surface area (Å²) in [6, 6.07) is 2.04. The number of hydrogen-bond acceptors (Lipinski definition) is 5. The molecule has 1 saturated heterocycles. The summed E-state index contributed by atoms with van der Waals surface area (Å²) in [6.45, 7) is 5.68. The average molecular weight is 328 g/mol. The molecule has 0 atom stereocenters. The van der Waals surface area contributed by atoms with Crippen molar-refractivity contribution in [1.82, 2.24) is 25.1 Å². The predicted octanol–water partition coefficient (Wildman–Crippen LogP) is 1.15. The normalized spacial score (nSPS) is 15.5. The Morgan fingerprint density at radius 2 is 1.92 bits per heavy atom. The lowest BCUT2D eigenvalue weighted by Gasteiger charge is -2.32. The van der Waals surface area contributed by atoms with Crippen LogP contribution in [0.1, 0.15) is 29.8 Å². The Balaban J connectivity index is 1.52. The summed E-state index contributed by atoms with van der Waals surface area (Å²) in [4.78, 5) is 23.1. The number of hydrogen-bond donors (Lipinski definition) is 1. The molecule has 0 saturated carbocycles. The number of amides is 1. The number of nitrogens with one attached hydrogen (secondary N) is 1. The second-order valence-corrected chi connectivity index (χ2v) is 6.33. The summed E-state index contributed by atoms with van der Waals surface area (Å²) in [5.41, 5.74) is 3.02. The Morgan fingerprint density at radius 1 is 1.25 bits per heavy atom. The van der Waals surface area contributed by atoms with E-state index >= 15 is 0 Å². The van der Waals surface area contributed by atoms with Gasteiger partial charge in [0.1, 0.15) is 0 Å². The van der Waals surface area contributed by atoms with Crippen LogP contribution < -0.4 is 10.2 Å². The lowest BCUT2D eigenvalue weighted by Crippen LogP contribution is -2.45. The molecule has 0 unspecified atom stereocenters. The van der Waals surface area contributed by atoms with Crippen LogP contribution in [0.5, 0.6) is 0 Å². The molecule has 0 spiro atoms. The quantitative estimate of drug-likeness (QED) is 0.911. The molecule has 1 fully saturated rings. The van der Waals surface area contributed by atoms with Gasteiger partial charge in [0.25, 0.3) is 0 Å². The topological polar surface area (TPSA) is 75.9 Å². The maximum atomic E-state index is 12.4. The fourth-order valence-electron chi connectivity index (χ4n) is 3.19. The fraction of sp³-hybridized carbons (Fsp3) is 0.529. The van der Waals surface area contributed by atoms with Crippen LogP contribution in [0, 0.1) is 13.8 Å². The van der Waals surface area contributed by atoms with Crippen molar-refractivity contribution in [1.29, 1.82) is 0 Å². The third-order valence-corrected chi connectivity index (χ3v) is 4.69. The van der Waals surface area contributed by atoms with Crippen molar-refractivity contribution in [2.75, 3.05) is 18.0 Å². The standard InChI is InChI=1S/C17H24N6O/c1-12-15(13(2)22(3)21-12)11-16(24)20-14-5-9-23(10-6-14)17-18-7-4-8-19-17/h4,7-8,14H,5-6,9-11H2,1-3H3,(H,20,24). The molecule has 1 aliphatic rings. The third kappa shape index (κ3) is 3.55. The highest BCUT2D eigenvalue weighted by molar-refractivity contribution is 5.79. The molecule has 7 nitrogen and oxygen atoms in total. The van der Waals surface area contributed by atoms with Crippen LogP contribution in [0.25, 0.3) is 0 Å². The van der Waals surface area contributed by atoms with E-state index in [2.05, 4.69) is 25.3 Å². The van der Waals surface area contributed by atoms with E-state index in [9.17, 15) is 4.79 Å². The highest BCUT2D eigenvalue weighted by Crippen LogP contribution is 2.16. The van der Waals surface area contributed by atoms with E-state index in [0.717, 1.165) is 48.8 Å². The summed E-state index contributed by atoms with van der Waals surface area (Å²) in [6.07, 6.45) is 5.74. The van der Waals surface area contributed by atoms with E-state index < -0.39 is 0 Å². The Bertz CT molecular complexity index is 703. The maximum Gasteiger partial charge on any atom is 0.225 e. The van der Waals surface area contributed by atoms with E-state index in [-0.39, 0.29) is 11.9 Å². The molecule has 3 rings (SSSR count). The zero-order valence-corrected chi connectivity index (χ0v) is 14.5. The van der Waals surface area contributed by atoms with Gasteiger partial charge in [0.05, 0.1) is 12.1 Å². The van der Waals surface area contributed by atoms with Crippen LogP contribution in [0.4, 0.5) is 5.95 Å². The molecule has 0 bridgehead atoms. The molecule has 1 amide bonds. The van der Waals surface area contributed by atoms with E-state index in [0.29, 0.717) is 6.42 Å². The molecule has 1 N–H and O–H groups in total. The predicted molar refractivity (Wildman–Crippen MR) is 91.8 cm³/mol. The van der Waals surface area contributed by atoms with Gasteiger partial charge in [-0.25, -0.2) is 9.97 Å². The Labute approximate surface area is 142 Å². The number of carbonyl (C=O) groups is 1. The third-order valence-electron chi connectivity index (χ3n) is 4.69. The molecular formula is C17H24N6O. The SMILES string of the molecule is Cc1nn(C)c(C)c1CC(=O)NC1CCN(c2ncccn2)CC1. The molecule has 0 aliphatic carbocycles. The van der Waals surface area contributed by atoms with Crippen molar-refractivity contribution < 1.29 is 4.79 Å². The second-order valence-electron chi connectivity index (χ2n) is 6.33. The minimum Gasteiger partial charge on any atom is -0.353 e. The highest BCUT2D eigenvalue weighted by Gasteiger charge is 2.23. The minimum atomic E-state index is 0.0728. The number of carbonyl (C=O) groups excluding carboxylic acids is 1. The van der Waals surface area contributed by atoms with Gasteiger partial charge >= 0.3 is 0 Å². The number of rotatable bonds is 4. The monoisotopic (exact) mass is 328 g/mol. The lowest BCUT2D eigenvalue weighted by molar-refractivity contribution is -0.121. The first kappa shape index (κ1) is 16.4. The summed E-state index contributed by atoms with van der Waals surface area (Å²) < 4.78 is 1.83. The smallest absolute Gasteiger partial charge is 0.225 e. The van der Waals surface area contributed by atoms with Crippen LogP contribution in [-0.4, -0.2) is 44.8 Å². The maximum absolute atomic E-state index is 12.4. The molecule has 0 aromatic carbocycles. The second kappa shape index (κ2) is 6.98. The van der Waals surface area contributed by atoms with Crippen molar-refractivity contribution in [2.24, 2.45) is 7.05 Å². The van der Waals surface area contributed by atoms with E-state index in [1.165, 1.54) is 0 Å². The number of piperidine rings is 1. The van der Waals surface area contributed by atoms with Gasteiger partial charge in [-0.3, -0.25) is 9.48 Å². The molecular weight excluding hydrogens is 304 g/mol. The van der Waals surface area contributed by atoms with Gasteiger partial charge in [0.2, 0.25) is 11.9 Å². The molecule has 128 valence electrons. The fourth-order valence-corrected chi connectivity index (χ4v) is 3.19. The largest absolute Gasteiger partial charge is 0.353 e. The first-order valence-electron chi connectivity index (χ1n) is 8.35. The Kier molecular flexibility index (Phi) is 4.78. The van der Waals surface area contributed by atoms with Gasteiger partial charge in [-0.2, -0.15) is 5.10 Å². The van der Waals surface area contributed by atoms with E-state index in [1.54, 1.807) is 12.4 Å². The van der Waals surface area contributed by atoms with Crippen molar-refractivity contribution in [3.8, 4) is 0 Å². The van der Waals surface area contributed by atoms with Crippen LogP contribution in [0.15, 0.2) is 18.5 Å². The number of aryl methyl sites for hydroxylation is 2. The van der Waals surface area contributed by atoms with Crippen LogP contribution in [0.2, 0.25) is 0 Å². The number of anilines is 1. The van der Waals surface area contributed by atoms with Gasteiger partial charge in [-0.05, 0) is 32.8 Å². The van der Waals surface area contributed by atoms with Gasteiger partial charge in [0, 0.05) is 49.8 Å². The van der Waals surface area contributed by atoms with Crippen LogP contribution in [-0.2, 0) is 18.3 Å². The first-order valence-corrected chi connectivity index (χ1v) is 8.35. The van der Waals surface area contributed by atoms with Crippen LogP contribution >= 0.6 is 0 Å². The summed E-state index contributed by atoms with van der Waals surface area (Å²) in [5, 5.41) is 7.53. The Hall–Kier alpha value is -2.44. The van der Waals surface area contributed by atoms with Gasteiger partial charge < -0.3 is 10.2 Å². The van der Waals surface area contributed by atoms with Gasteiger partial charge in [-0.1, -0.05) is 0 Å². The number of aromatic nitrogens is 4. The van der Waals surface area contributed by atoms with Crippen molar-refractivity contribution in [2.45, 2.75) is 39.2 Å². The zero-order valence-electron chi connectivity index (χ0n) is 14.5. The molecule has 2 aromatic heterocycles. The van der Waals surface area contributed by atoms with E-state index in [1.807, 2.05) is 31.6 Å². The van der Waals surface area contributed by atoms with Crippen LogP contribution in [0.3, 0.4) is 0 Å². The van der Waals surface area contributed by atoms with E-state index in [4.69, 9.17) is 0 Å². The first-order chi connectivity index (χ1) is 11.5. The number of nitrogens with zero attached hydrogens (tertiary/aromatic N) is 5. The Morgan fingerprint density at radius 3 is 2.50 bits per heavy atom. The molecule has 3 heterocycles. The summed E-state index contributed by atoms with van der Waals surface area (Å²) in [5.74, 6) is 0.840. The average Bonchev–Trinajstić information content (AvgIpc) is 2.82. The van der Waals surface area contributed by atoms with Crippen molar-refractivity contribution in [3.05, 3.63) is 35.4 Å². The van der Waals surface area contributed by atoms with Crippen molar-refractivity contribution in [3.63, 3.8) is 0 Å². The molecule has 24 heavy (non-hydrogen) atoms. The summed E-state index contributed by atoms with van der Waals surface area (Å²) in [7, 11) is 1.91. The molecule has 1 aliphatic heterocycles. The summed E-state index contributed by atoms with van der Waals surface area (Å²) >= 11 is 0. The van der Waals surface area contributed by atoms with Gasteiger partial charge in [0.15, 0.2) is 0 Å². The molecule has 2 aromatic rings. The zero-order chi connectivity index (χ0) is 17.1. The molecule has 0 radical (unpaired) electrons. The minimum absolute atomic E-state index is 0.0728. The lowest BCUT2D eigenvalue weighted by atomic mass is 10.0. The van der Waals surface area contributed by atoms with Gasteiger partial charge in [-0.15, -0.1) is 0 Å². The highest BCUT2D eigenvalue weighted by atomic mass is 16.1.